The number of carbonyl (C=O) groups is 1. The van der Waals surface area contributed by atoms with Crippen LogP contribution in [-0.2, 0) is 4.79 Å². The van der Waals surface area contributed by atoms with Gasteiger partial charge in [0.1, 0.15) is 0 Å². The van der Waals surface area contributed by atoms with Gasteiger partial charge in [-0.25, -0.2) is 4.79 Å². The second-order valence-corrected chi connectivity index (χ2v) is 3.86. The molecule has 0 aliphatic heterocycles. The number of hydrogen-bond donors (Lipinski definition) is 1. The Bertz CT molecular complexity index is 493. The Balaban J connectivity index is 2.45. The predicted molar refractivity (Wildman–Crippen MR) is 61.7 cm³/mol. The Morgan fingerprint density at radius 3 is 2.50 bits per heavy atom. The summed E-state index contributed by atoms with van der Waals surface area (Å²) in [5, 5.41) is 9.76. The van der Waals surface area contributed by atoms with Gasteiger partial charge in [0.15, 0.2) is 6.04 Å². The molecule has 0 fully saturated rings. The lowest BCUT2D eigenvalue weighted by Crippen LogP contribution is -2.18. The number of aromatic nitrogens is 1. The topological polar surface area (TPSA) is 42.2 Å². The molecule has 1 aromatic carbocycles. The number of benzene rings is 1. The number of carboxylic acids is 1. The van der Waals surface area contributed by atoms with E-state index >= 15 is 0 Å². The van der Waals surface area contributed by atoms with Crippen molar-refractivity contribution in [3.8, 4) is 0 Å². The van der Waals surface area contributed by atoms with E-state index in [0.717, 1.165) is 0 Å². The fourth-order valence-corrected chi connectivity index (χ4v) is 1.84. The lowest BCUT2D eigenvalue weighted by atomic mass is 10.1. The van der Waals surface area contributed by atoms with Crippen LogP contribution in [0.25, 0.3) is 0 Å². The third kappa shape index (κ3) is 2.09. The molecule has 3 nitrogen and oxygen atoms in total. The Morgan fingerprint density at radius 2 is 1.94 bits per heavy atom. The molecule has 1 N–H and O–H groups in total. The molecule has 0 unspecified atom stereocenters. The summed E-state index contributed by atoms with van der Waals surface area (Å²) in [5.74, 6) is -0.904. The van der Waals surface area contributed by atoms with Crippen LogP contribution in [0.5, 0.6) is 0 Å². The van der Waals surface area contributed by atoms with Gasteiger partial charge >= 0.3 is 5.97 Å². The van der Waals surface area contributed by atoms with Crippen LogP contribution in [0.15, 0.2) is 48.8 Å². The summed E-state index contributed by atoms with van der Waals surface area (Å²) < 4.78 is 1.63. The van der Waals surface area contributed by atoms with Gasteiger partial charge in [0.05, 0.1) is 0 Å². The van der Waals surface area contributed by atoms with E-state index in [9.17, 15) is 9.90 Å². The zero-order chi connectivity index (χ0) is 11.5. The van der Waals surface area contributed by atoms with Crippen molar-refractivity contribution in [3.05, 3.63) is 59.4 Å². The van der Waals surface area contributed by atoms with Crippen LogP contribution >= 0.6 is 11.6 Å². The molecule has 0 spiro atoms. The Labute approximate surface area is 97.9 Å². The van der Waals surface area contributed by atoms with Crippen LogP contribution in [0, 0.1) is 0 Å². The molecule has 0 saturated carbocycles. The minimum atomic E-state index is -0.904. The van der Waals surface area contributed by atoms with Gasteiger partial charge in [-0.05, 0) is 29.8 Å². The van der Waals surface area contributed by atoms with Crippen LogP contribution in [0.3, 0.4) is 0 Å². The van der Waals surface area contributed by atoms with Crippen LogP contribution in [0.2, 0.25) is 5.02 Å². The highest BCUT2D eigenvalue weighted by molar-refractivity contribution is 6.30. The SMILES string of the molecule is O=C(O)[C@@H](c1cccc(Cl)c1)n1cccc1. The molecular formula is C12H10ClNO2. The second-order valence-electron chi connectivity index (χ2n) is 3.43. The molecule has 1 aromatic heterocycles. The first-order valence-corrected chi connectivity index (χ1v) is 5.17. The quantitative estimate of drug-likeness (QED) is 0.889. The van der Waals surface area contributed by atoms with Crippen molar-refractivity contribution in [2.75, 3.05) is 0 Å². The molecule has 1 atom stereocenters. The number of rotatable bonds is 3. The minimum Gasteiger partial charge on any atom is -0.479 e. The van der Waals surface area contributed by atoms with E-state index in [-0.39, 0.29) is 0 Å². The molecule has 0 aliphatic rings. The van der Waals surface area contributed by atoms with E-state index in [1.54, 1.807) is 53.4 Å². The maximum atomic E-state index is 11.2. The standard InChI is InChI=1S/C12H10ClNO2/c13-10-5-3-4-9(8-10)11(12(15)16)14-6-1-2-7-14/h1-8,11H,(H,15,16)/t11-/m1/s1. The summed E-state index contributed by atoms with van der Waals surface area (Å²) in [6.45, 7) is 0. The number of nitrogens with zero attached hydrogens (tertiary/aromatic N) is 1. The van der Waals surface area contributed by atoms with Gasteiger partial charge in [0, 0.05) is 17.4 Å². The molecule has 2 rings (SSSR count). The van der Waals surface area contributed by atoms with Gasteiger partial charge in [0.2, 0.25) is 0 Å². The van der Waals surface area contributed by atoms with Crippen molar-refractivity contribution in [1.82, 2.24) is 4.57 Å². The lowest BCUT2D eigenvalue weighted by molar-refractivity contribution is -0.139. The molecule has 0 radical (unpaired) electrons. The third-order valence-corrected chi connectivity index (χ3v) is 2.56. The molecule has 1 heterocycles. The highest BCUT2D eigenvalue weighted by atomic mass is 35.5. The van der Waals surface area contributed by atoms with Crippen LogP contribution < -0.4 is 0 Å². The average molecular weight is 236 g/mol. The molecule has 0 bridgehead atoms. The summed E-state index contributed by atoms with van der Waals surface area (Å²) in [6, 6.07) is 9.75. The molecule has 0 amide bonds. The average Bonchev–Trinajstić information content (AvgIpc) is 2.71. The van der Waals surface area contributed by atoms with Gasteiger partial charge in [-0.2, -0.15) is 0 Å². The van der Waals surface area contributed by atoms with E-state index < -0.39 is 12.0 Å². The van der Waals surface area contributed by atoms with Gasteiger partial charge in [-0.1, -0.05) is 23.7 Å². The maximum absolute atomic E-state index is 11.2. The van der Waals surface area contributed by atoms with Crippen molar-refractivity contribution < 1.29 is 9.90 Å². The first-order chi connectivity index (χ1) is 7.68. The van der Waals surface area contributed by atoms with Crippen molar-refractivity contribution in [1.29, 1.82) is 0 Å². The number of aliphatic carboxylic acids is 1. The van der Waals surface area contributed by atoms with Crippen molar-refractivity contribution >= 4 is 17.6 Å². The normalized spacial score (nSPS) is 12.3. The molecule has 82 valence electrons. The van der Waals surface area contributed by atoms with E-state index in [2.05, 4.69) is 0 Å². The summed E-state index contributed by atoms with van der Waals surface area (Å²) in [7, 11) is 0. The Morgan fingerprint density at radius 1 is 1.25 bits per heavy atom. The van der Waals surface area contributed by atoms with Crippen LogP contribution in [0.1, 0.15) is 11.6 Å². The highest BCUT2D eigenvalue weighted by Gasteiger charge is 2.20. The lowest BCUT2D eigenvalue weighted by Gasteiger charge is -2.14. The highest BCUT2D eigenvalue weighted by Crippen LogP contribution is 2.21. The number of hydrogen-bond acceptors (Lipinski definition) is 1. The first kappa shape index (κ1) is 10.8. The minimum absolute atomic E-state index is 0.538. The summed E-state index contributed by atoms with van der Waals surface area (Å²) in [4.78, 5) is 11.2. The van der Waals surface area contributed by atoms with Crippen LogP contribution in [0.4, 0.5) is 0 Å². The van der Waals surface area contributed by atoms with Gasteiger partial charge in [-0.15, -0.1) is 0 Å². The van der Waals surface area contributed by atoms with Crippen molar-refractivity contribution in [3.63, 3.8) is 0 Å². The number of halogens is 1. The summed E-state index contributed by atoms with van der Waals surface area (Å²) in [6.07, 6.45) is 3.44. The van der Waals surface area contributed by atoms with Crippen LogP contribution in [-0.4, -0.2) is 15.6 Å². The fraction of sp³-hybridized carbons (Fsp3) is 0.0833. The van der Waals surface area contributed by atoms with E-state index in [4.69, 9.17) is 11.6 Å². The number of carboxylic acid groups (broad SMARTS) is 1. The van der Waals surface area contributed by atoms with Crippen molar-refractivity contribution in [2.45, 2.75) is 6.04 Å². The predicted octanol–water partition coefficient (Wildman–Crippen LogP) is 2.82. The molecular weight excluding hydrogens is 226 g/mol. The second kappa shape index (κ2) is 4.41. The molecule has 0 aliphatic carbocycles. The smallest absolute Gasteiger partial charge is 0.331 e. The van der Waals surface area contributed by atoms with Gasteiger partial charge in [-0.3, -0.25) is 0 Å². The first-order valence-electron chi connectivity index (χ1n) is 4.79. The molecule has 2 aromatic rings. The fourth-order valence-electron chi connectivity index (χ4n) is 1.64. The summed E-state index contributed by atoms with van der Waals surface area (Å²) >= 11 is 5.85. The molecule has 16 heavy (non-hydrogen) atoms. The monoisotopic (exact) mass is 235 g/mol. The third-order valence-electron chi connectivity index (χ3n) is 2.32. The molecule has 4 heteroatoms. The van der Waals surface area contributed by atoms with Gasteiger partial charge < -0.3 is 9.67 Å². The molecule has 0 saturated heterocycles. The largest absolute Gasteiger partial charge is 0.479 e. The van der Waals surface area contributed by atoms with Crippen molar-refractivity contribution in [2.24, 2.45) is 0 Å². The Hall–Kier alpha value is -1.74. The maximum Gasteiger partial charge on any atom is 0.331 e. The Kier molecular flexibility index (Phi) is 2.97. The zero-order valence-corrected chi connectivity index (χ0v) is 9.13. The van der Waals surface area contributed by atoms with E-state index in [1.165, 1.54) is 0 Å². The zero-order valence-electron chi connectivity index (χ0n) is 8.38. The van der Waals surface area contributed by atoms with E-state index in [0.29, 0.717) is 10.6 Å². The van der Waals surface area contributed by atoms with E-state index in [1.807, 2.05) is 0 Å². The summed E-state index contributed by atoms with van der Waals surface area (Å²) in [5.41, 5.74) is 0.663. The van der Waals surface area contributed by atoms with Gasteiger partial charge in [0.25, 0.3) is 0 Å².